The molecule has 1 aliphatic rings. The van der Waals surface area contributed by atoms with Gasteiger partial charge in [-0.3, -0.25) is 19.7 Å². The van der Waals surface area contributed by atoms with E-state index in [2.05, 4.69) is 0 Å². The Morgan fingerprint density at radius 1 is 1.43 bits per heavy atom. The van der Waals surface area contributed by atoms with E-state index in [-0.39, 0.29) is 23.4 Å². The smallest absolute Gasteiger partial charge is 0.310 e. The Morgan fingerprint density at radius 2 is 2.17 bits per heavy atom. The Kier molecular flexibility index (Phi) is 5.31. The van der Waals surface area contributed by atoms with Gasteiger partial charge in [0.05, 0.1) is 17.4 Å². The fourth-order valence-corrected chi connectivity index (χ4v) is 2.80. The summed E-state index contributed by atoms with van der Waals surface area (Å²) in [7, 11) is 0. The highest BCUT2D eigenvalue weighted by molar-refractivity contribution is 5.95. The van der Waals surface area contributed by atoms with E-state index in [1.807, 2.05) is 4.90 Å². The predicted molar refractivity (Wildman–Crippen MR) is 84.7 cm³/mol. The molecule has 1 aromatic rings. The van der Waals surface area contributed by atoms with Crippen LogP contribution in [0.5, 0.6) is 0 Å². The molecule has 7 nitrogen and oxygen atoms in total. The highest BCUT2D eigenvalue weighted by Gasteiger charge is 2.30. The minimum absolute atomic E-state index is 0.109. The summed E-state index contributed by atoms with van der Waals surface area (Å²) in [4.78, 5) is 36.0. The zero-order valence-electron chi connectivity index (χ0n) is 13.3. The van der Waals surface area contributed by atoms with Crippen molar-refractivity contribution >= 4 is 23.1 Å². The molecule has 1 aromatic carbocycles. The van der Waals surface area contributed by atoms with Crippen LogP contribution in [0.1, 0.15) is 37.0 Å². The van der Waals surface area contributed by atoms with Crippen LogP contribution in [0.4, 0.5) is 11.4 Å². The Morgan fingerprint density at radius 3 is 2.78 bits per heavy atom. The summed E-state index contributed by atoms with van der Waals surface area (Å²) >= 11 is 0. The first-order valence-corrected chi connectivity index (χ1v) is 7.65. The highest BCUT2D eigenvalue weighted by atomic mass is 16.6. The summed E-state index contributed by atoms with van der Waals surface area (Å²) in [6, 6.07) is 4.46. The van der Waals surface area contributed by atoms with Crippen LogP contribution in [0.3, 0.4) is 0 Å². The molecule has 0 saturated carbocycles. The minimum atomic E-state index is -0.490. The molecule has 1 unspecified atom stereocenters. The first kappa shape index (κ1) is 16.9. The van der Waals surface area contributed by atoms with Crippen molar-refractivity contribution in [1.82, 2.24) is 0 Å². The average Bonchev–Trinajstić information content (AvgIpc) is 2.54. The molecule has 0 bridgehead atoms. The Bertz CT molecular complexity index is 629. The van der Waals surface area contributed by atoms with Gasteiger partial charge in [0.2, 0.25) is 0 Å². The summed E-state index contributed by atoms with van der Waals surface area (Å²) < 4.78 is 5.05. The number of anilines is 1. The molecular formula is C16H20N2O5. The van der Waals surface area contributed by atoms with Gasteiger partial charge < -0.3 is 9.64 Å². The monoisotopic (exact) mass is 320 g/mol. The lowest BCUT2D eigenvalue weighted by Gasteiger charge is -2.32. The Balaban J connectivity index is 2.28. The van der Waals surface area contributed by atoms with Gasteiger partial charge in [0.1, 0.15) is 5.69 Å². The molecule has 0 aromatic heterocycles. The molecule has 23 heavy (non-hydrogen) atoms. The van der Waals surface area contributed by atoms with E-state index < -0.39 is 4.92 Å². The largest absolute Gasteiger partial charge is 0.466 e. The van der Waals surface area contributed by atoms with Crippen molar-refractivity contribution in [1.29, 1.82) is 0 Å². The third kappa shape index (κ3) is 3.85. The van der Waals surface area contributed by atoms with Crippen molar-refractivity contribution < 1.29 is 19.2 Å². The molecule has 1 atom stereocenters. The van der Waals surface area contributed by atoms with Crippen molar-refractivity contribution in [2.75, 3.05) is 24.6 Å². The third-order valence-corrected chi connectivity index (χ3v) is 3.96. The van der Waals surface area contributed by atoms with Crippen molar-refractivity contribution in [3.8, 4) is 0 Å². The summed E-state index contributed by atoms with van der Waals surface area (Å²) in [6.07, 6.45) is 1.48. The topological polar surface area (TPSA) is 89.8 Å². The minimum Gasteiger partial charge on any atom is -0.466 e. The van der Waals surface area contributed by atoms with Gasteiger partial charge in [-0.15, -0.1) is 0 Å². The summed E-state index contributed by atoms with van der Waals surface area (Å²) in [6.45, 7) is 4.47. The number of benzene rings is 1. The number of carbonyl (C=O) groups excluding carboxylic acids is 2. The van der Waals surface area contributed by atoms with Crippen LogP contribution < -0.4 is 4.90 Å². The van der Waals surface area contributed by atoms with Crippen LogP contribution in [0.2, 0.25) is 0 Å². The summed E-state index contributed by atoms with van der Waals surface area (Å²) in [5.74, 6) is -0.765. The number of hydrogen-bond acceptors (Lipinski definition) is 6. The second-order valence-electron chi connectivity index (χ2n) is 5.55. The van der Waals surface area contributed by atoms with Gasteiger partial charge in [-0.25, -0.2) is 0 Å². The van der Waals surface area contributed by atoms with E-state index in [1.54, 1.807) is 19.1 Å². The molecule has 0 N–H and O–H groups in total. The quantitative estimate of drug-likeness (QED) is 0.358. The molecule has 7 heteroatoms. The first-order chi connectivity index (χ1) is 10.9. The summed E-state index contributed by atoms with van der Waals surface area (Å²) in [5, 5.41) is 11.3. The van der Waals surface area contributed by atoms with Gasteiger partial charge in [-0.1, -0.05) is 0 Å². The van der Waals surface area contributed by atoms with Crippen molar-refractivity contribution in [2.24, 2.45) is 5.92 Å². The Labute approximate surface area is 134 Å². The number of hydrogen-bond donors (Lipinski definition) is 0. The maximum atomic E-state index is 11.9. The Hall–Kier alpha value is -2.44. The standard InChI is InChI=1S/C16H20N2O5/c1-3-23-16(20)13-5-4-8-17(10-13)14-7-6-12(11(2)19)9-15(14)18(21)22/h6-7,9,13H,3-5,8,10H2,1-2H3. The van der Waals surface area contributed by atoms with Gasteiger partial charge in [0.15, 0.2) is 5.78 Å². The number of nitrogens with zero attached hydrogens (tertiary/aromatic N) is 2. The van der Waals surface area contributed by atoms with Gasteiger partial charge >= 0.3 is 5.97 Å². The number of esters is 1. The zero-order valence-corrected chi connectivity index (χ0v) is 13.3. The molecule has 1 saturated heterocycles. The van der Waals surface area contributed by atoms with Gasteiger partial charge in [0, 0.05) is 24.7 Å². The number of ether oxygens (including phenoxy) is 1. The van der Waals surface area contributed by atoms with E-state index in [0.717, 1.165) is 6.42 Å². The maximum Gasteiger partial charge on any atom is 0.310 e. The van der Waals surface area contributed by atoms with Gasteiger partial charge in [-0.2, -0.15) is 0 Å². The molecule has 124 valence electrons. The predicted octanol–water partition coefficient (Wildman–Crippen LogP) is 2.58. The fourth-order valence-electron chi connectivity index (χ4n) is 2.80. The maximum absolute atomic E-state index is 11.9. The van der Waals surface area contributed by atoms with Gasteiger partial charge in [-0.05, 0) is 38.8 Å². The second-order valence-corrected chi connectivity index (χ2v) is 5.55. The van der Waals surface area contributed by atoms with Crippen molar-refractivity contribution in [3.63, 3.8) is 0 Å². The number of Topliss-reactive ketones (excluding diaryl/α,β-unsaturated/α-hetero) is 1. The molecule has 2 rings (SSSR count). The molecule has 0 radical (unpaired) electrons. The van der Waals surface area contributed by atoms with E-state index in [1.165, 1.54) is 13.0 Å². The zero-order chi connectivity index (χ0) is 17.0. The lowest BCUT2D eigenvalue weighted by atomic mass is 9.97. The lowest BCUT2D eigenvalue weighted by Crippen LogP contribution is -2.39. The number of rotatable bonds is 5. The molecule has 0 spiro atoms. The van der Waals surface area contributed by atoms with E-state index in [4.69, 9.17) is 4.74 Å². The van der Waals surface area contributed by atoms with E-state index in [0.29, 0.717) is 37.4 Å². The number of ketones is 1. The number of nitro groups is 1. The van der Waals surface area contributed by atoms with Crippen LogP contribution in [-0.4, -0.2) is 36.4 Å². The van der Waals surface area contributed by atoms with Crippen molar-refractivity contribution in [3.05, 3.63) is 33.9 Å². The number of carbonyl (C=O) groups is 2. The van der Waals surface area contributed by atoms with Crippen LogP contribution in [0, 0.1) is 16.0 Å². The normalized spacial score (nSPS) is 17.7. The summed E-state index contributed by atoms with van der Waals surface area (Å²) in [5.41, 5.74) is 0.635. The molecular weight excluding hydrogens is 300 g/mol. The van der Waals surface area contributed by atoms with Crippen LogP contribution >= 0.6 is 0 Å². The fraction of sp³-hybridized carbons (Fsp3) is 0.500. The highest BCUT2D eigenvalue weighted by Crippen LogP contribution is 2.32. The molecule has 1 fully saturated rings. The van der Waals surface area contributed by atoms with Crippen LogP contribution in [-0.2, 0) is 9.53 Å². The molecule has 1 heterocycles. The first-order valence-electron chi connectivity index (χ1n) is 7.65. The SMILES string of the molecule is CCOC(=O)C1CCCN(c2ccc(C(C)=O)cc2[N+](=O)[O-])C1. The van der Waals surface area contributed by atoms with Gasteiger partial charge in [0.25, 0.3) is 5.69 Å². The number of piperidine rings is 1. The third-order valence-electron chi connectivity index (χ3n) is 3.96. The molecule has 0 amide bonds. The van der Waals surface area contributed by atoms with Crippen molar-refractivity contribution in [2.45, 2.75) is 26.7 Å². The average molecular weight is 320 g/mol. The van der Waals surface area contributed by atoms with E-state index in [9.17, 15) is 19.7 Å². The number of nitro benzene ring substituents is 1. The van der Waals surface area contributed by atoms with Crippen LogP contribution in [0.15, 0.2) is 18.2 Å². The second kappa shape index (κ2) is 7.21. The molecule has 0 aliphatic carbocycles. The lowest BCUT2D eigenvalue weighted by molar-refractivity contribution is -0.384. The van der Waals surface area contributed by atoms with E-state index >= 15 is 0 Å². The van der Waals surface area contributed by atoms with Crippen LogP contribution in [0.25, 0.3) is 0 Å². The molecule has 1 aliphatic heterocycles.